The minimum Gasteiger partial charge on any atom is -0.253 e. The highest BCUT2D eigenvalue weighted by molar-refractivity contribution is 8.64. The van der Waals surface area contributed by atoms with Gasteiger partial charge in [0.25, 0.3) is 0 Å². The highest BCUT2D eigenvalue weighted by Crippen LogP contribution is 2.53. The van der Waals surface area contributed by atoms with Gasteiger partial charge in [0, 0.05) is 632 Å². The maximum Gasteiger partial charge on any atom is 0.0527 e. The minimum atomic E-state index is -3.58. The molecule has 0 rings (SSSR count). The monoisotopic (exact) mass is 1040 g/mol. The van der Waals surface area contributed by atoms with Crippen LogP contribution in [0.5, 0.6) is 0 Å². The van der Waals surface area contributed by atoms with Gasteiger partial charge in [-0.3, -0.25) is 7.56 Å². The lowest BCUT2D eigenvalue weighted by atomic mass is 8.35. The first kappa shape index (κ1) is 99.4. The predicted molar refractivity (Wildman–Crippen MR) is 536 cm³/mol. The van der Waals surface area contributed by atoms with Crippen molar-refractivity contribution in [1.82, 2.24) is 0 Å². The van der Waals surface area contributed by atoms with E-state index in [2.05, 4.69) is 0 Å². The summed E-state index contributed by atoms with van der Waals surface area (Å²) < 4.78 is 0. The van der Waals surface area contributed by atoms with Crippen LogP contribution in [-0.4, -0.2) is 651 Å². The van der Waals surface area contributed by atoms with Crippen LogP contribution in [0.15, 0.2) is 0 Å². The molecule has 281 valence electrons. The van der Waals surface area contributed by atoms with Gasteiger partial charge in [-0.2, -0.15) is 0 Å². The molecule has 0 fully saturated rings. The average Bonchev–Trinajstić information content (AvgIpc) is 3.33. The average molecular weight is 1030 g/mol. The molecule has 0 bridgehead atoms. The number of hydrogen-bond acceptors (Lipinski definition) is 0. The molecule has 0 nitrogen and oxygen atoms in total. The molecule has 0 aromatic rings. The van der Waals surface area contributed by atoms with Crippen molar-refractivity contribution >= 4 is 659 Å². The van der Waals surface area contributed by atoms with Gasteiger partial charge >= 0.3 is 0 Å². The second-order valence-electron chi connectivity index (χ2n) is 25.8. The number of hydrogen-bond donors (Lipinski definition) is 0. The lowest BCUT2D eigenvalue weighted by Crippen LogP contribution is -2.93. The van der Waals surface area contributed by atoms with Crippen LogP contribution < -0.4 is 0 Å². The molecule has 0 spiro atoms. The van der Waals surface area contributed by atoms with Gasteiger partial charge in [-0.1, -0.05) is 0 Å². The van der Waals surface area contributed by atoms with Crippen molar-refractivity contribution in [3.63, 3.8) is 0 Å². The van der Waals surface area contributed by atoms with Crippen LogP contribution in [0.3, 0.4) is 0 Å². The molecule has 0 aromatic carbocycles. The maximum atomic E-state index is 7.05. The third-order valence-corrected chi connectivity index (χ3v) is 23.3. The van der Waals surface area contributed by atoms with Crippen LogP contribution in [0.25, 0.3) is 0 Å². The smallest absolute Gasteiger partial charge is 0.0527 e. The number of rotatable bonds is 45. The van der Waals surface area contributed by atoms with Gasteiger partial charge in [0.2, 0.25) is 0 Å². The van der Waals surface area contributed by atoms with Gasteiger partial charge in [-0.15, -0.1) is 0 Å². The van der Waals surface area contributed by atoms with E-state index in [1.165, 1.54) is 0 Å². The summed E-state index contributed by atoms with van der Waals surface area (Å²) in [7, 11) is 328. The molecule has 0 aliphatic heterocycles. The van der Waals surface area contributed by atoms with Gasteiger partial charge in [0.1, 0.15) is 0 Å². The van der Waals surface area contributed by atoms with E-state index < -0.39 is 288 Å². The fourth-order valence-corrected chi connectivity index (χ4v) is 21.8. The Hall–Kier alpha value is 6.40. The first-order chi connectivity index (χ1) is 42.3. The Morgan fingerprint density at radius 1 is 0.129 bits per heavy atom. The molecule has 0 aliphatic carbocycles. The molecule has 0 heterocycles. The third kappa shape index (κ3) is 26.9. The second kappa shape index (κ2) is 46.0. The van der Waals surface area contributed by atoms with Crippen LogP contribution in [0.2, 0.25) is 0 Å². The lowest BCUT2D eigenvalue weighted by molar-refractivity contribution is 3.21. The van der Waals surface area contributed by atoms with Gasteiger partial charge < -0.3 is 0 Å². The van der Waals surface area contributed by atoms with Crippen molar-refractivity contribution in [1.29, 1.82) is 0 Å². The normalized spacial score (nSPS) is 9.90. The maximum absolute atomic E-state index is 7.05. The van der Waals surface area contributed by atoms with Crippen LogP contribution in [-0.2, 0) is 0 Å². The molecule has 0 aromatic heterocycles. The molecule has 0 unspecified atom stereocenters. The fraction of sp³-hybridized carbons (Fsp3) is 0. The van der Waals surface area contributed by atoms with E-state index in [9.17, 15) is 0 Å². The fourth-order valence-electron chi connectivity index (χ4n) is 15.8. The Bertz CT molecular complexity index is 1520. The summed E-state index contributed by atoms with van der Waals surface area (Å²) in [6.45, 7) is 0. The predicted octanol–water partition coefficient (Wildman–Crippen LogP) is -34.2. The summed E-state index contributed by atoms with van der Waals surface area (Å²) in [5.74, 6) is 0. The topological polar surface area (TPSA) is 0 Å². The Kier molecular flexibility index (Phi) is 49.2. The summed E-state index contributed by atoms with van der Waals surface area (Å²) in [4.78, 5) is 0. The van der Waals surface area contributed by atoms with E-state index in [1.807, 2.05) is 0 Å². The Labute approximate surface area is 652 Å². The highest BCUT2D eigenvalue weighted by atomic mass is 31.1. The zero-order valence-corrected chi connectivity index (χ0v) is 54.5. The van der Waals surface area contributed by atoms with Gasteiger partial charge in [0.05, 0.1) is 18.6 Å². The molecule has 0 saturated heterocycles. The van der Waals surface area contributed by atoms with Crippen LogP contribution in [0.1, 0.15) is 0 Å². The van der Waals surface area contributed by atoms with E-state index in [-0.39, 0.29) is 0 Å². The zero-order chi connectivity index (χ0) is 73.7. The molecule has 93 heteroatoms. The second-order valence-corrected chi connectivity index (χ2v) is 28.5. The van der Waals surface area contributed by atoms with Crippen molar-refractivity contribution < 1.29 is 0 Å². The standard InChI is InChI=1S/B92P/c1-48-72(49(2)3)84(73(50(4)5)51(6)7)90(85(74(52(8)9)53(10)11)75(54(12)13)55(14)15)93(91(86(76(56(16)17)57(18)19)77(58(20)21)59(22)23)87(78(60(24)25)61(26)27)79(62(28)29)63(30)31)92(88(80(64(32)33)65(34)35)81(66(36)37)67(38)39)89(82(68(40)41)69(42)43)83(70(44)45)71(46)47. The third-order valence-electron chi connectivity index (χ3n) is 19.2. The van der Waals surface area contributed by atoms with Gasteiger partial charge in [0.15, 0.2) is 0 Å². The Morgan fingerprint density at radius 2 is 0.226 bits per heavy atom. The summed E-state index contributed by atoms with van der Waals surface area (Å²) in [6, 6.07) is 0. The molecule has 0 saturated carbocycles. The summed E-state index contributed by atoms with van der Waals surface area (Å²) in [6.07, 6.45) is -78.7. The summed E-state index contributed by atoms with van der Waals surface area (Å²) in [5.41, 5.74) is 0. The molecule has 0 N–H and O–H groups in total. The molecule has 95 radical (unpaired) electrons. The Morgan fingerprint density at radius 3 is 0.312 bits per heavy atom. The molecule has 0 aliphatic rings. The first-order valence-electron chi connectivity index (χ1n) is 30.4. The zero-order valence-electron chi connectivity index (χ0n) is 53.6. The largest absolute Gasteiger partial charge is 0.253 e. The van der Waals surface area contributed by atoms with Crippen molar-refractivity contribution in [3.05, 3.63) is 0 Å². The van der Waals surface area contributed by atoms with E-state index in [0.717, 1.165) is 7.06 Å². The first-order valence-corrected chi connectivity index (χ1v) is 32.0. The summed E-state index contributed by atoms with van der Waals surface area (Å²) >= 11 is 0. The van der Waals surface area contributed by atoms with E-state index >= 15 is 0 Å². The van der Waals surface area contributed by atoms with E-state index in [1.54, 1.807) is 0 Å². The van der Waals surface area contributed by atoms with E-state index in [0.29, 0.717) is 0 Å². The van der Waals surface area contributed by atoms with Crippen molar-refractivity contribution in [2.24, 2.45) is 0 Å². The Balaban J connectivity index is 14.1. The minimum absolute atomic E-state index is 1.05. The molecular formula is B92P. The van der Waals surface area contributed by atoms with Crippen LogP contribution in [0.4, 0.5) is 0 Å². The van der Waals surface area contributed by atoms with Crippen LogP contribution >= 0.6 is 7.56 Å². The summed E-state index contributed by atoms with van der Waals surface area (Å²) in [5, 5.41) is 0. The van der Waals surface area contributed by atoms with Gasteiger partial charge in [-0.25, -0.2) is 0 Å². The van der Waals surface area contributed by atoms with Crippen molar-refractivity contribution in [3.8, 4) is 0 Å². The highest BCUT2D eigenvalue weighted by Gasteiger charge is 2.67. The molecule has 93 heavy (non-hydrogen) atoms. The van der Waals surface area contributed by atoms with Crippen LogP contribution in [0, 0.1) is 0 Å². The van der Waals surface area contributed by atoms with E-state index in [4.69, 9.17) is 364 Å². The van der Waals surface area contributed by atoms with Crippen molar-refractivity contribution in [2.45, 2.75) is 0 Å². The molecule has 0 atom stereocenters. The van der Waals surface area contributed by atoms with Gasteiger partial charge in [-0.05, 0) is 0 Å². The molecular weight excluding hydrogens is 1030 g/mol. The SMILES string of the molecule is [B][B]B(B([B])[B])B(B(B([B])[B])B([B])[B])B(B(B(B([B])[B])B([B])[B])B(B([B])[B])B([B])[B])P(B(B(B(B([B])[B])B([B])[B])B(B([B])[B])B([B])[B])B(B(B([B])[B])B([B])[B])B(B([B])[B])B([B])[B])B(B(B(B([B])[B])B([B])[B])B(B([B])[B])B([B])[B])B(B(B([B])[B])B([B])[B])B(B([B])[B])B([B])[B]. The van der Waals surface area contributed by atoms with Crippen molar-refractivity contribution in [2.75, 3.05) is 0 Å². The lowest BCUT2D eigenvalue weighted by Gasteiger charge is -2.64. The quantitative estimate of drug-likeness (QED) is 0.0421. The molecule has 0 amide bonds.